The monoisotopic (exact) mass is 290 g/mol. The highest BCUT2D eigenvalue weighted by Crippen LogP contribution is 2.03. The molecule has 2 nitrogen and oxygen atoms in total. The lowest BCUT2D eigenvalue weighted by Gasteiger charge is -2.04. The van der Waals surface area contributed by atoms with Crippen molar-refractivity contribution >= 4 is 28.9 Å². The van der Waals surface area contributed by atoms with Crippen molar-refractivity contribution in [3.05, 3.63) is 35.9 Å². The summed E-state index contributed by atoms with van der Waals surface area (Å²) in [7, 11) is 0. The first-order chi connectivity index (χ1) is 6.33. The predicted octanol–water partition coefficient (Wildman–Crippen LogP) is 2.21. The third kappa shape index (κ3) is 4.38. The number of halogens is 1. The van der Waals surface area contributed by atoms with Gasteiger partial charge < -0.3 is 9.53 Å². The molecule has 1 atom stereocenters. The highest BCUT2D eigenvalue weighted by atomic mass is 127. The standard InChI is InChI=1S/C10H11IO2/c11-10(6-12)8-13-7-9-4-2-1-3-5-9/h1-6,10H,7-8H2/t10-/m0/s1. The van der Waals surface area contributed by atoms with Crippen LogP contribution in [-0.2, 0) is 16.1 Å². The Morgan fingerprint density at radius 1 is 1.38 bits per heavy atom. The predicted molar refractivity (Wildman–Crippen MR) is 60.0 cm³/mol. The Morgan fingerprint density at radius 3 is 2.69 bits per heavy atom. The molecule has 0 spiro atoms. The van der Waals surface area contributed by atoms with Crippen molar-refractivity contribution in [2.75, 3.05) is 6.61 Å². The third-order valence-electron chi connectivity index (χ3n) is 1.54. The van der Waals surface area contributed by atoms with Crippen LogP contribution in [0.5, 0.6) is 0 Å². The fourth-order valence-electron chi connectivity index (χ4n) is 0.903. The molecule has 1 aromatic carbocycles. The van der Waals surface area contributed by atoms with Gasteiger partial charge in [0.25, 0.3) is 0 Å². The molecule has 0 saturated heterocycles. The molecule has 0 N–H and O–H groups in total. The quantitative estimate of drug-likeness (QED) is 0.472. The Bertz CT molecular complexity index is 248. The number of ether oxygens (including phenoxy) is 1. The van der Waals surface area contributed by atoms with Crippen LogP contribution in [0.3, 0.4) is 0 Å². The van der Waals surface area contributed by atoms with Crippen LogP contribution in [0, 0.1) is 0 Å². The fraction of sp³-hybridized carbons (Fsp3) is 0.300. The smallest absolute Gasteiger partial charge is 0.135 e. The minimum Gasteiger partial charge on any atom is -0.375 e. The topological polar surface area (TPSA) is 26.3 Å². The molecule has 0 radical (unpaired) electrons. The Labute approximate surface area is 91.4 Å². The molecule has 0 bridgehead atoms. The van der Waals surface area contributed by atoms with E-state index in [0.29, 0.717) is 13.2 Å². The lowest BCUT2D eigenvalue weighted by molar-refractivity contribution is -0.108. The number of hydrogen-bond donors (Lipinski definition) is 0. The van der Waals surface area contributed by atoms with E-state index in [1.165, 1.54) is 0 Å². The zero-order valence-electron chi connectivity index (χ0n) is 7.15. The number of aldehydes is 1. The maximum atomic E-state index is 10.3. The van der Waals surface area contributed by atoms with Crippen LogP contribution in [0.1, 0.15) is 5.56 Å². The summed E-state index contributed by atoms with van der Waals surface area (Å²) in [6.45, 7) is 1.06. The van der Waals surface area contributed by atoms with Gasteiger partial charge in [-0.05, 0) is 5.56 Å². The van der Waals surface area contributed by atoms with Crippen LogP contribution in [0.25, 0.3) is 0 Å². The Hall–Kier alpha value is -0.420. The van der Waals surface area contributed by atoms with Crippen LogP contribution in [0.2, 0.25) is 0 Å². The van der Waals surface area contributed by atoms with Crippen molar-refractivity contribution in [3.8, 4) is 0 Å². The van der Waals surface area contributed by atoms with Crippen molar-refractivity contribution in [3.63, 3.8) is 0 Å². The number of carbonyl (C=O) groups excluding carboxylic acids is 1. The van der Waals surface area contributed by atoms with Gasteiger partial charge in [-0.2, -0.15) is 0 Å². The minimum atomic E-state index is -0.0405. The van der Waals surface area contributed by atoms with Gasteiger partial charge in [-0.25, -0.2) is 0 Å². The second kappa shape index (κ2) is 6.10. The maximum Gasteiger partial charge on any atom is 0.135 e. The van der Waals surface area contributed by atoms with E-state index in [1.807, 2.05) is 30.3 Å². The van der Waals surface area contributed by atoms with Gasteiger partial charge in [-0.15, -0.1) is 0 Å². The van der Waals surface area contributed by atoms with E-state index in [9.17, 15) is 4.79 Å². The van der Waals surface area contributed by atoms with Crippen molar-refractivity contribution in [1.82, 2.24) is 0 Å². The zero-order chi connectivity index (χ0) is 9.52. The summed E-state index contributed by atoms with van der Waals surface area (Å²) < 4.78 is 5.29. The van der Waals surface area contributed by atoms with Gasteiger partial charge in [0, 0.05) is 0 Å². The first kappa shape index (κ1) is 10.7. The lowest BCUT2D eigenvalue weighted by atomic mass is 10.2. The molecule has 0 aliphatic carbocycles. The third-order valence-corrected chi connectivity index (χ3v) is 2.19. The van der Waals surface area contributed by atoms with Crippen molar-refractivity contribution < 1.29 is 9.53 Å². The van der Waals surface area contributed by atoms with Gasteiger partial charge in [-0.3, -0.25) is 0 Å². The van der Waals surface area contributed by atoms with Crippen LogP contribution in [0.4, 0.5) is 0 Å². The molecule has 13 heavy (non-hydrogen) atoms. The molecule has 70 valence electrons. The number of rotatable bonds is 5. The van der Waals surface area contributed by atoms with E-state index < -0.39 is 0 Å². The molecule has 0 aliphatic rings. The largest absolute Gasteiger partial charge is 0.375 e. The first-order valence-corrected chi connectivity index (χ1v) is 5.28. The van der Waals surface area contributed by atoms with Gasteiger partial charge in [0.05, 0.1) is 17.1 Å². The molecule has 1 rings (SSSR count). The van der Waals surface area contributed by atoms with Gasteiger partial charge in [-0.1, -0.05) is 52.9 Å². The van der Waals surface area contributed by atoms with E-state index in [0.717, 1.165) is 11.8 Å². The second-order valence-corrected chi connectivity index (χ2v) is 4.25. The molecule has 1 aromatic rings. The molecule has 0 fully saturated rings. The summed E-state index contributed by atoms with van der Waals surface area (Å²) in [4.78, 5) is 10.3. The lowest BCUT2D eigenvalue weighted by Crippen LogP contribution is -2.09. The highest BCUT2D eigenvalue weighted by molar-refractivity contribution is 14.1. The van der Waals surface area contributed by atoms with E-state index in [-0.39, 0.29) is 3.92 Å². The molecular weight excluding hydrogens is 279 g/mol. The molecular formula is C10H11IO2. The van der Waals surface area contributed by atoms with E-state index in [1.54, 1.807) is 0 Å². The highest BCUT2D eigenvalue weighted by Gasteiger charge is 2.00. The Balaban J connectivity index is 2.24. The van der Waals surface area contributed by atoms with Crippen LogP contribution < -0.4 is 0 Å². The summed E-state index contributed by atoms with van der Waals surface area (Å²) in [6.07, 6.45) is 0.894. The summed E-state index contributed by atoms with van der Waals surface area (Å²) in [5.74, 6) is 0. The molecule has 0 aromatic heterocycles. The first-order valence-electron chi connectivity index (χ1n) is 4.04. The number of carbonyl (C=O) groups is 1. The average molecular weight is 290 g/mol. The molecule has 0 unspecified atom stereocenters. The van der Waals surface area contributed by atoms with Gasteiger partial charge >= 0.3 is 0 Å². The number of alkyl halides is 1. The SMILES string of the molecule is O=C[C@H](I)COCc1ccccc1. The molecule has 3 heteroatoms. The van der Waals surface area contributed by atoms with Crippen molar-refractivity contribution in [2.45, 2.75) is 10.5 Å². The minimum absolute atomic E-state index is 0.0405. The Kier molecular flexibility index (Phi) is 5.00. The summed E-state index contributed by atoms with van der Waals surface area (Å²) in [5.41, 5.74) is 1.14. The molecule has 0 amide bonds. The summed E-state index contributed by atoms with van der Waals surface area (Å²) in [6, 6.07) is 9.92. The summed E-state index contributed by atoms with van der Waals surface area (Å²) in [5, 5.41) is 0. The zero-order valence-corrected chi connectivity index (χ0v) is 9.31. The van der Waals surface area contributed by atoms with E-state index in [4.69, 9.17) is 4.74 Å². The second-order valence-electron chi connectivity index (χ2n) is 2.65. The number of benzene rings is 1. The number of hydrogen-bond acceptors (Lipinski definition) is 2. The fourth-order valence-corrected chi connectivity index (χ4v) is 1.16. The molecule has 0 aliphatic heterocycles. The van der Waals surface area contributed by atoms with Crippen LogP contribution in [-0.4, -0.2) is 16.8 Å². The van der Waals surface area contributed by atoms with E-state index in [2.05, 4.69) is 22.6 Å². The van der Waals surface area contributed by atoms with Crippen LogP contribution >= 0.6 is 22.6 Å². The van der Waals surface area contributed by atoms with Gasteiger partial charge in [0.15, 0.2) is 0 Å². The normalized spacial score (nSPS) is 12.4. The van der Waals surface area contributed by atoms with Gasteiger partial charge in [0.1, 0.15) is 6.29 Å². The average Bonchev–Trinajstić information content (AvgIpc) is 2.19. The van der Waals surface area contributed by atoms with Gasteiger partial charge in [0.2, 0.25) is 0 Å². The maximum absolute atomic E-state index is 10.3. The van der Waals surface area contributed by atoms with E-state index >= 15 is 0 Å². The molecule has 0 saturated carbocycles. The van der Waals surface area contributed by atoms with Crippen molar-refractivity contribution in [2.24, 2.45) is 0 Å². The Morgan fingerprint density at radius 2 is 2.08 bits per heavy atom. The summed E-state index contributed by atoms with van der Waals surface area (Å²) >= 11 is 2.06. The molecule has 0 heterocycles. The van der Waals surface area contributed by atoms with Crippen molar-refractivity contribution in [1.29, 1.82) is 0 Å². The van der Waals surface area contributed by atoms with Crippen LogP contribution in [0.15, 0.2) is 30.3 Å².